The molecule has 0 radical (unpaired) electrons. The predicted molar refractivity (Wildman–Crippen MR) is 78.0 cm³/mol. The van der Waals surface area contributed by atoms with Gasteiger partial charge in [0.2, 0.25) is 0 Å². The smallest absolute Gasteiger partial charge is 0.119 e. The Morgan fingerprint density at radius 3 is 2.06 bits per heavy atom. The summed E-state index contributed by atoms with van der Waals surface area (Å²) in [5, 5.41) is 3.53. The third kappa shape index (κ3) is 5.54. The zero-order chi connectivity index (χ0) is 13.5. The Hall–Kier alpha value is -1.02. The van der Waals surface area contributed by atoms with E-state index in [1.165, 1.54) is 5.56 Å². The highest BCUT2D eigenvalue weighted by Crippen LogP contribution is 2.18. The zero-order valence-corrected chi connectivity index (χ0v) is 12.4. The van der Waals surface area contributed by atoms with Crippen molar-refractivity contribution in [3.8, 4) is 5.75 Å². The second-order valence-electron chi connectivity index (χ2n) is 5.80. The molecule has 0 amide bonds. The summed E-state index contributed by atoms with van der Waals surface area (Å²) in [6.07, 6.45) is 0. The second kappa shape index (κ2) is 7.42. The normalized spacial score (nSPS) is 13.1. The SMILES string of the molecule is CC(C)CN[C@H](C)c1ccc(OCC(C)C)cc1. The quantitative estimate of drug-likeness (QED) is 0.788. The van der Waals surface area contributed by atoms with E-state index < -0.39 is 0 Å². The first-order valence-corrected chi connectivity index (χ1v) is 6.95. The van der Waals surface area contributed by atoms with Crippen LogP contribution in [0.25, 0.3) is 0 Å². The average Bonchev–Trinajstić information content (AvgIpc) is 2.34. The number of benzene rings is 1. The van der Waals surface area contributed by atoms with Crippen LogP contribution in [0.4, 0.5) is 0 Å². The van der Waals surface area contributed by atoms with Crippen LogP contribution in [0, 0.1) is 11.8 Å². The lowest BCUT2D eigenvalue weighted by molar-refractivity contribution is 0.271. The van der Waals surface area contributed by atoms with Crippen LogP contribution in [0.2, 0.25) is 0 Å². The minimum absolute atomic E-state index is 0.395. The summed E-state index contributed by atoms with van der Waals surface area (Å²) in [6, 6.07) is 8.81. The van der Waals surface area contributed by atoms with E-state index in [2.05, 4.69) is 64.2 Å². The van der Waals surface area contributed by atoms with E-state index in [9.17, 15) is 0 Å². The number of ether oxygens (including phenoxy) is 1. The first kappa shape index (κ1) is 15.0. The first-order valence-electron chi connectivity index (χ1n) is 6.95. The molecule has 1 atom stereocenters. The fourth-order valence-corrected chi connectivity index (χ4v) is 1.65. The molecular weight excluding hydrogens is 222 g/mol. The van der Waals surface area contributed by atoms with Crippen LogP contribution in [0.15, 0.2) is 24.3 Å². The fraction of sp³-hybridized carbons (Fsp3) is 0.625. The highest BCUT2D eigenvalue weighted by Gasteiger charge is 2.05. The summed E-state index contributed by atoms with van der Waals surface area (Å²) >= 11 is 0. The molecule has 0 aliphatic carbocycles. The van der Waals surface area contributed by atoms with Gasteiger partial charge in [-0.05, 0) is 43.0 Å². The molecule has 0 saturated heterocycles. The Balaban J connectivity index is 2.48. The van der Waals surface area contributed by atoms with Crippen LogP contribution >= 0.6 is 0 Å². The Bertz CT molecular complexity index is 329. The molecule has 1 aromatic rings. The third-order valence-corrected chi connectivity index (χ3v) is 2.80. The van der Waals surface area contributed by atoms with Crippen molar-refractivity contribution in [1.29, 1.82) is 0 Å². The van der Waals surface area contributed by atoms with Crippen molar-refractivity contribution < 1.29 is 4.74 Å². The summed E-state index contributed by atoms with van der Waals surface area (Å²) in [7, 11) is 0. The van der Waals surface area contributed by atoms with Crippen LogP contribution in [0.5, 0.6) is 5.75 Å². The zero-order valence-electron chi connectivity index (χ0n) is 12.4. The predicted octanol–water partition coefficient (Wildman–Crippen LogP) is 4.03. The van der Waals surface area contributed by atoms with Gasteiger partial charge in [-0.25, -0.2) is 0 Å². The molecule has 2 nitrogen and oxygen atoms in total. The standard InChI is InChI=1S/C16H27NO/c1-12(2)10-17-14(5)15-6-8-16(9-7-15)18-11-13(3)4/h6-9,12-14,17H,10-11H2,1-5H3/t14-/m1/s1. The van der Waals surface area contributed by atoms with E-state index in [1.807, 2.05) is 0 Å². The van der Waals surface area contributed by atoms with Gasteiger partial charge in [-0.1, -0.05) is 39.8 Å². The Morgan fingerprint density at radius 1 is 0.944 bits per heavy atom. The summed E-state index contributed by atoms with van der Waals surface area (Å²) < 4.78 is 5.68. The van der Waals surface area contributed by atoms with E-state index in [-0.39, 0.29) is 0 Å². The van der Waals surface area contributed by atoms with E-state index in [4.69, 9.17) is 4.74 Å². The van der Waals surface area contributed by atoms with Crippen LogP contribution in [-0.4, -0.2) is 13.2 Å². The molecule has 18 heavy (non-hydrogen) atoms. The number of nitrogens with one attached hydrogen (secondary N) is 1. The molecule has 1 rings (SSSR count). The average molecular weight is 249 g/mol. The lowest BCUT2D eigenvalue weighted by Crippen LogP contribution is -2.23. The molecule has 0 unspecified atom stereocenters. The molecule has 0 spiro atoms. The van der Waals surface area contributed by atoms with Gasteiger partial charge in [-0.3, -0.25) is 0 Å². The van der Waals surface area contributed by atoms with Crippen molar-refractivity contribution in [2.24, 2.45) is 11.8 Å². The number of hydrogen-bond acceptors (Lipinski definition) is 2. The van der Waals surface area contributed by atoms with E-state index >= 15 is 0 Å². The molecule has 1 aromatic carbocycles. The van der Waals surface area contributed by atoms with Crippen molar-refractivity contribution in [2.45, 2.75) is 40.7 Å². The van der Waals surface area contributed by atoms with Crippen molar-refractivity contribution in [3.05, 3.63) is 29.8 Å². The Kier molecular flexibility index (Phi) is 6.20. The molecule has 1 N–H and O–H groups in total. The first-order chi connectivity index (χ1) is 8.49. The van der Waals surface area contributed by atoms with Gasteiger partial charge in [-0.15, -0.1) is 0 Å². The van der Waals surface area contributed by atoms with Crippen molar-refractivity contribution >= 4 is 0 Å². The van der Waals surface area contributed by atoms with Gasteiger partial charge in [-0.2, -0.15) is 0 Å². The molecule has 102 valence electrons. The minimum Gasteiger partial charge on any atom is -0.493 e. The summed E-state index contributed by atoms with van der Waals surface area (Å²) in [6.45, 7) is 12.8. The fourth-order valence-electron chi connectivity index (χ4n) is 1.65. The minimum atomic E-state index is 0.395. The lowest BCUT2D eigenvalue weighted by Gasteiger charge is -2.16. The van der Waals surface area contributed by atoms with Gasteiger partial charge < -0.3 is 10.1 Å². The molecule has 0 saturated carbocycles. The monoisotopic (exact) mass is 249 g/mol. The van der Waals surface area contributed by atoms with Crippen molar-refractivity contribution in [3.63, 3.8) is 0 Å². The highest BCUT2D eigenvalue weighted by atomic mass is 16.5. The Labute approximate surface area is 112 Å². The molecule has 0 aliphatic rings. The second-order valence-corrected chi connectivity index (χ2v) is 5.80. The topological polar surface area (TPSA) is 21.3 Å². The summed E-state index contributed by atoms with van der Waals surface area (Å²) in [4.78, 5) is 0. The van der Waals surface area contributed by atoms with Gasteiger partial charge in [0, 0.05) is 6.04 Å². The summed E-state index contributed by atoms with van der Waals surface area (Å²) in [5.41, 5.74) is 1.31. The van der Waals surface area contributed by atoms with Gasteiger partial charge in [0.25, 0.3) is 0 Å². The summed E-state index contributed by atoms with van der Waals surface area (Å²) in [5.74, 6) is 2.21. The van der Waals surface area contributed by atoms with Crippen molar-refractivity contribution in [1.82, 2.24) is 5.32 Å². The van der Waals surface area contributed by atoms with Crippen LogP contribution in [0.3, 0.4) is 0 Å². The van der Waals surface area contributed by atoms with E-state index in [0.717, 1.165) is 18.9 Å². The van der Waals surface area contributed by atoms with E-state index in [0.29, 0.717) is 17.9 Å². The van der Waals surface area contributed by atoms with Crippen LogP contribution in [0.1, 0.15) is 46.2 Å². The largest absolute Gasteiger partial charge is 0.493 e. The maximum absolute atomic E-state index is 5.68. The maximum atomic E-state index is 5.68. The number of rotatable bonds is 7. The van der Waals surface area contributed by atoms with Gasteiger partial charge in [0.15, 0.2) is 0 Å². The molecule has 2 heteroatoms. The van der Waals surface area contributed by atoms with Crippen LogP contribution in [-0.2, 0) is 0 Å². The Morgan fingerprint density at radius 2 is 1.56 bits per heavy atom. The van der Waals surface area contributed by atoms with Crippen molar-refractivity contribution in [2.75, 3.05) is 13.2 Å². The van der Waals surface area contributed by atoms with Gasteiger partial charge in [0.05, 0.1) is 6.61 Å². The molecule has 0 fully saturated rings. The van der Waals surface area contributed by atoms with Gasteiger partial charge >= 0.3 is 0 Å². The molecule has 0 bridgehead atoms. The van der Waals surface area contributed by atoms with Crippen LogP contribution < -0.4 is 10.1 Å². The molecule has 0 heterocycles. The maximum Gasteiger partial charge on any atom is 0.119 e. The molecule has 0 aliphatic heterocycles. The lowest BCUT2D eigenvalue weighted by atomic mass is 10.1. The van der Waals surface area contributed by atoms with Gasteiger partial charge in [0.1, 0.15) is 5.75 Å². The third-order valence-electron chi connectivity index (χ3n) is 2.80. The number of hydrogen-bond donors (Lipinski definition) is 1. The molecular formula is C16H27NO. The molecule has 0 aromatic heterocycles. The highest BCUT2D eigenvalue weighted by molar-refractivity contribution is 5.28. The van der Waals surface area contributed by atoms with E-state index in [1.54, 1.807) is 0 Å².